The van der Waals surface area contributed by atoms with Gasteiger partial charge in [0, 0.05) is 19.2 Å². The topological polar surface area (TPSA) is 55.3 Å². The summed E-state index contributed by atoms with van der Waals surface area (Å²) >= 11 is 5.42. The molecule has 3 rings (SSSR count). The molecular weight excluding hydrogens is 288 g/mol. The number of hydrogen-bond acceptors (Lipinski definition) is 5. The van der Waals surface area contributed by atoms with Gasteiger partial charge in [-0.1, -0.05) is 6.92 Å². The van der Waals surface area contributed by atoms with Crippen LogP contribution in [0.3, 0.4) is 0 Å². The summed E-state index contributed by atoms with van der Waals surface area (Å²) in [4.78, 5) is 10.1. The molecule has 1 aliphatic rings. The molecule has 2 aromatic rings. The number of aromatic nitrogens is 3. The number of H-pyrrole nitrogens is 1. The lowest BCUT2D eigenvalue weighted by Gasteiger charge is -2.32. The van der Waals surface area contributed by atoms with Gasteiger partial charge in [0.05, 0.1) is 31.9 Å². The second-order valence-electron chi connectivity index (χ2n) is 5.15. The van der Waals surface area contributed by atoms with Crippen LogP contribution in [0.4, 0.5) is 0 Å². The van der Waals surface area contributed by atoms with Crippen LogP contribution < -0.4 is 4.74 Å². The monoisotopic (exact) mass is 308 g/mol. The molecule has 1 atom stereocenters. The van der Waals surface area contributed by atoms with Crippen LogP contribution in [0.15, 0.2) is 12.1 Å². The standard InChI is InChI=1S/C14H20N4O2S/c1-3-17-6-7-20-10(8-17)9-18-13-11(15-14(18)21)4-5-12(16-13)19-2/h4-5,10H,3,6-9H2,1-2H3,(H,15,21). The SMILES string of the molecule is CCN1CCOC(Cn2c(=S)[nH]c3ccc(OC)nc32)C1. The zero-order valence-electron chi connectivity index (χ0n) is 12.3. The normalized spacial score (nSPS) is 20.0. The Bertz CT molecular complexity index is 681. The third-order valence-electron chi connectivity index (χ3n) is 3.86. The summed E-state index contributed by atoms with van der Waals surface area (Å²) in [6, 6.07) is 3.77. The van der Waals surface area contributed by atoms with Crippen LogP contribution in [0.5, 0.6) is 5.88 Å². The van der Waals surface area contributed by atoms with Gasteiger partial charge in [0.15, 0.2) is 10.4 Å². The Morgan fingerprint density at radius 2 is 2.38 bits per heavy atom. The molecule has 3 heterocycles. The van der Waals surface area contributed by atoms with E-state index in [1.54, 1.807) is 7.11 Å². The number of morpholine rings is 1. The summed E-state index contributed by atoms with van der Waals surface area (Å²) in [5.41, 5.74) is 1.74. The molecule has 2 aromatic heterocycles. The molecule has 1 unspecified atom stereocenters. The van der Waals surface area contributed by atoms with Gasteiger partial charge in [-0.2, -0.15) is 4.98 Å². The molecule has 0 aliphatic carbocycles. The molecule has 114 valence electrons. The van der Waals surface area contributed by atoms with Crippen molar-refractivity contribution in [3.05, 3.63) is 16.9 Å². The van der Waals surface area contributed by atoms with Gasteiger partial charge < -0.3 is 14.5 Å². The number of hydrogen-bond donors (Lipinski definition) is 1. The van der Waals surface area contributed by atoms with Crippen LogP contribution in [-0.2, 0) is 11.3 Å². The molecule has 0 aromatic carbocycles. The van der Waals surface area contributed by atoms with E-state index in [0.29, 0.717) is 17.2 Å². The fraction of sp³-hybridized carbons (Fsp3) is 0.571. The number of methoxy groups -OCH3 is 1. The Balaban J connectivity index is 1.89. The molecule has 0 spiro atoms. The van der Waals surface area contributed by atoms with Gasteiger partial charge in [-0.3, -0.25) is 9.47 Å². The minimum absolute atomic E-state index is 0.136. The van der Waals surface area contributed by atoms with Gasteiger partial charge in [-0.25, -0.2) is 0 Å². The van der Waals surface area contributed by atoms with Crippen molar-refractivity contribution in [2.75, 3.05) is 33.4 Å². The fourth-order valence-corrected chi connectivity index (χ4v) is 2.95. The molecule has 1 N–H and O–H groups in total. The summed E-state index contributed by atoms with van der Waals surface area (Å²) in [5, 5.41) is 0. The van der Waals surface area contributed by atoms with Gasteiger partial charge in [-0.15, -0.1) is 0 Å². The molecule has 0 radical (unpaired) electrons. The first-order chi connectivity index (χ1) is 10.2. The lowest BCUT2D eigenvalue weighted by molar-refractivity contribution is -0.0340. The molecule has 0 saturated carbocycles. The number of nitrogens with zero attached hydrogens (tertiary/aromatic N) is 3. The maximum Gasteiger partial charge on any atom is 0.215 e. The quantitative estimate of drug-likeness (QED) is 0.873. The predicted molar refractivity (Wildman–Crippen MR) is 83.3 cm³/mol. The number of ether oxygens (including phenoxy) is 2. The zero-order valence-corrected chi connectivity index (χ0v) is 13.2. The highest BCUT2D eigenvalue weighted by Gasteiger charge is 2.21. The number of aromatic amines is 1. The summed E-state index contributed by atoms with van der Waals surface area (Å²) in [6.45, 7) is 6.62. The number of pyridine rings is 1. The van der Waals surface area contributed by atoms with Crippen molar-refractivity contribution in [2.24, 2.45) is 0 Å². The van der Waals surface area contributed by atoms with Crippen LogP contribution in [0, 0.1) is 4.77 Å². The molecule has 6 nitrogen and oxygen atoms in total. The second kappa shape index (κ2) is 6.13. The van der Waals surface area contributed by atoms with E-state index in [2.05, 4.69) is 21.8 Å². The highest BCUT2D eigenvalue weighted by Crippen LogP contribution is 2.18. The lowest BCUT2D eigenvalue weighted by Crippen LogP contribution is -2.43. The van der Waals surface area contributed by atoms with E-state index in [1.165, 1.54) is 0 Å². The van der Waals surface area contributed by atoms with E-state index in [0.717, 1.165) is 37.4 Å². The number of imidazole rings is 1. The van der Waals surface area contributed by atoms with Crippen molar-refractivity contribution in [3.8, 4) is 5.88 Å². The van der Waals surface area contributed by atoms with E-state index in [4.69, 9.17) is 21.7 Å². The van der Waals surface area contributed by atoms with Gasteiger partial charge in [0.2, 0.25) is 5.88 Å². The van der Waals surface area contributed by atoms with Gasteiger partial charge in [0.25, 0.3) is 0 Å². The Hall–Kier alpha value is -1.44. The largest absolute Gasteiger partial charge is 0.481 e. The van der Waals surface area contributed by atoms with E-state index in [9.17, 15) is 0 Å². The van der Waals surface area contributed by atoms with Crippen molar-refractivity contribution in [1.29, 1.82) is 0 Å². The number of likely N-dealkylation sites (N-methyl/N-ethyl adjacent to an activating group) is 1. The highest BCUT2D eigenvalue weighted by molar-refractivity contribution is 7.71. The minimum atomic E-state index is 0.136. The number of fused-ring (bicyclic) bond motifs is 1. The van der Waals surface area contributed by atoms with Crippen LogP contribution in [-0.4, -0.2) is 58.9 Å². The Morgan fingerprint density at radius 3 is 3.14 bits per heavy atom. The molecule has 1 aliphatic heterocycles. The van der Waals surface area contributed by atoms with Crippen molar-refractivity contribution >= 4 is 23.4 Å². The molecule has 1 saturated heterocycles. The molecule has 21 heavy (non-hydrogen) atoms. The van der Waals surface area contributed by atoms with Crippen LogP contribution >= 0.6 is 12.2 Å². The number of nitrogens with one attached hydrogen (secondary N) is 1. The van der Waals surface area contributed by atoms with Crippen molar-refractivity contribution < 1.29 is 9.47 Å². The Kier molecular flexibility index (Phi) is 4.23. The summed E-state index contributed by atoms with van der Waals surface area (Å²) in [6.07, 6.45) is 0.136. The van der Waals surface area contributed by atoms with E-state index >= 15 is 0 Å². The van der Waals surface area contributed by atoms with Crippen molar-refractivity contribution in [3.63, 3.8) is 0 Å². The summed E-state index contributed by atoms with van der Waals surface area (Å²) < 4.78 is 13.7. The smallest absolute Gasteiger partial charge is 0.215 e. The van der Waals surface area contributed by atoms with E-state index < -0.39 is 0 Å². The summed E-state index contributed by atoms with van der Waals surface area (Å²) in [5.74, 6) is 0.588. The van der Waals surface area contributed by atoms with Crippen molar-refractivity contribution in [2.45, 2.75) is 19.6 Å². The molecule has 7 heteroatoms. The molecule has 1 fully saturated rings. The Labute approximate surface area is 128 Å². The summed E-state index contributed by atoms with van der Waals surface area (Å²) in [7, 11) is 1.61. The Morgan fingerprint density at radius 1 is 1.52 bits per heavy atom. The molecular formula is C14H20N4O2S. The minimum Gasteiger partial charge on any atom is -0.481 e. The maximum atomic E-state index is 5.86. The third-order valence-corrected chi connectivity index (χ3v) is 4.18. The second-order valence-corrected chi connectivity index (χ2v) is 5.54. The van der Waals surface area contributed by atoms with Crippen LogP contribution in [0.25, 0.3) is 11.2 Å². The van der Waals surface area contributed by atoms with E-state index in [1.807, 2.05) is 16.7 Å². The van der Waals surface area contributed by atoms with Crippen LogP contribution in [0.2, 0.25) is 0 Å². The molecule has 0 amide bonds. The predicted octanol–water partition coefficient (Wildman–Crippen LogP) is 1.82. The molecule has 0 bridgehead atoms. The lowest BCUT2D eigenvalue weighted by atomic mass is 10.2. The van der Waals surface area contributed by atoms with Gasteiger partial charge in [-0.05, 0) is 24.8 Å². The average Bonchev–Trinajstić information content (AvgIpc) is 2.82. The first-order valence-corrected chi connectivity index (χ1v) is 7.59. The van der Waals surface area contributed by atoms with Gasteiger partial charge >= 0.3 is 0 Å². The van der Waals surface area contributed by atoms with Crippen LogP contribution in [0.1, 0.15) is 6.92 Å². The van der Waals surface area contributed by atoms with E-state index in [-0.39, 0.29) is 6.10 Å². The third kappa shape index (κ3) is 2.95. The first kappa shape index (κ1) is 14.5. The van der Waals surface area contributed by atoms with Crippen molar-refractivity contribution in [1.82, 2.24) is 19.4 Å². The fourth-order valence-electron chi connectivity index (χ4n) is 2.68. The van der Waals surface area contributed by atoms with Gasteiger partial charge in [0.1, 0.15) is 0 Å². The number of rotatable bonds is 4. The average molecular weight is 308 g/mol. The zero-order chi connectivity index (χ0) is 14.8. The first-order valence-electron chi connectivity index (χ1n) is 7.18. The maximum absolute atomic E-state index is 5.86. The highest BCUT2D eigenvalue weighted by atomic mass is 32.1.